The van der Waals surface area contributed by atoms with E-state index in [0.717, 1.165) is 22.9 Å². The van der Waals surface area contributed by atoms with Gasteiger partial charge in [0.05, 0.1) is 9.90 Å². The molecule has 7 heteroatoms. The molecule has 0 aliphatic rings. The van der Waals surface area contributed by atoms with Crippen molar-refractivity contribution < 1.29 is 14.0 Å². The second kappa shape index (κ2) is 8.08. The van der Waals surface area contributed by atoms with E-state index in [2.05, 4.69) is 10.9 Å². The van der Waals surface area contributed by atoms with Gasteiger partial charge in [0.25, 0.3) is 11.8 Å². The molecular weight excluding hydrogens is 351 g/mol. The van der Waals surface area contributed by atoms with Gasteiger partial charge >= 0.3 is 0 Å². The molecule has 2 rings (SSSR count). The SMILES string of the molecule is CCc1sc(C(=O)NNC(=O)/C=C/c2c(F)cccc2Cl)cc1C. The minimum Gasteiger partial charge on any atom is -0.268 e. The molecule has 1 heterocycles. The molecule has 1 aromatic heterocycles. The van der Waals surface area contributed by atoms with Crippen molar-refractivity contribution in [1.82, 2.24) is 10.9 Å². The number of hydrogen-bond donors (Lipinski definition) is 2. The van der Waals surface area contributed by atoms with Crippen LogP contribution in [0.3, 0.4) is 0 Å². The highest BCUT2D eigenvalue weighted by molar-refractivity contribution is 7.14. The first kappa shape index (κ1) is 18.2. The molecular formula is C17H16ClFN2O2S. The Bertz CT molecular complexity index is 782. The Morgan fingerprint density at radius 3 is 2.71 bits per heavy atom. The van der Waals surface area contributed by atoms with Crippen LogP contribution < -0.4 is 10.9 Å². The highest BCUT2D eigenvalue weighted by Crippen LogP contribution is 2.22. The van der Waals surface area contributed by atoms with Gasteiger partial charge in [-0.05, 0) is 43.2 Å². The quantitative estimate of drug-likeness (QED) is 0.637. The first-order valence-corrected chi connectivity index (χ1v) is 8.43. The van der Waals surface area contributed by atoms with E-state index in [-0.39, 0.29) is 10.6 Å². The summed E-state index contributed by atoms with van der Waals surface area (Å²) in [6.07, 6.45) is 3.20. The summed E-state index contributed by atoms with van der Waals surface area (Å²) in [6.45, 7) is 3.95. The van der Waals surface area contributed by atoms with Gasteiger partial charge in [0.2, 0.25) is 0 Å². The molecule has 0 fully saturated rings. The lowest BCUT2D eigenvalue weighted by Gasteiger charge is -2.03. The third-order valence-electron chi connectivity index (χ3n) is 3.27. The lowest BCUT2D eigenvalue weighted by atomic mass is 10.2. The van der Waals surface area contributed by atoms with Crippen LogP contribution in [0, 0.1) is 12.7 Å². The first-order valence-electron chi connectivity index (χ1n) is 7.24. The molecule has 4 nitrogen and oxygen atoms in total. The fourth-order valence-corrected chi connectivity index (χ4v) is 3.27. The number of benzene rings is 1. The Labute approximate surface area is 148 Å². The van der Waals surface area contributed by atoms with Crippen LogP contribution in [0.4, 0.5) is 4.39 Å². The topological polar surface area (TPSA) is 58.2 Å². The van der Waals surface area contributed by atoms with Gasteiger partial charge in [-0.15, -0.1) is 11.3 Å². The van der Waals surface area contributed by atoms with Crippen molar-refractivity contribution in [2.45, 2.75) is 20.3 Å². The summed E-state index contributed by atoms with van der Waals surface area (Å²) in [6, 6.07) is 6.02. The Kier molecular flexibility index (Phi) is 6.11. The van der Waals surface area contributed by atoms with Crippen molar-refractivity contribution in [2.24, 2.45) is 0 Å². The van der Waals surface area contributed by atoms with E-state index in [1.54, 1.807) is 6.07 Å². The number of hydrogen-bond acceptors (Lipinski definition) is 3. The molecule has 0 bridgehead atoms. The van der Waals surface area contributed by atoms with E-state index >= 15 is 0 Å². The molecule has 2 aromatic rings. The average molecular weight is 367 g/mol. The van der Waals surface area contributed by atoms with Crippen LogP contribution in [0.25, 0.3) is 6.08 Å². The maximum atomic E-state index is 13.6. The van der Waals surface area contributed by atoms with Gasteiger partial charge in [0.15, 0.2) is 0 Å². The highest BCUT2D eigenvalue weighted by Gasteiger charge is 2.12. The van der Waals surface area contributed by atoms with Crippen molar-refractivity contribution in [3.8, 4) is 0 Å². The van der Waals surface area contributed by atoms with Crippen molar-refractivity contribution >= 4 is 40.8 Å². The summed E-state index contributed by atoms with van der Waals surface area (Å²) < 4.78 is 13.6. The standard InChI is InChI=1S/C17H16ClFN2O2S/c1-3-14-10(2)9-15(24-14)17(23)21-20-16(22)8-7-11-12(18)5-4-6-13(11)19/h4-9H,3H2,1-2H3,(H,20,22)(H,21,23)/b8-7+. The molecule has 0 aliphatic heterocycles. The zero-order valence-electron chi connectivity index (χ0n) is 13.2. The number of rotatable bonds is 4. The molecule has 1 aromatic carbocycles. The third-order valence-corrected chi connectivity index (χ3v) is 4.98. The zero-order valence-corrected chi connectivity index (χ0v) is 14.7. The Balaban J connectivity index is 1.95. The van der Waals surface area contributed by atoms with Gasteiger partial charge in [-0.25, -0.2) is 4.39 Å². The fraction of sp³-hybridized carbons (Fsp3) is 0.176. The molecule has 0 unspecified atom stereocenters. The van der Waals surface area contributed by atoms with Gasteiger partial charge < -0.3 is 0 Å². The number of carbonyl (C=O) groups excluding carboxylic acids is 2. The largest absolute Gasteiger partial charge is 0.279 e. The van der Waals surface area contributed by atoms with Gasteiger partial charge in [0.1, 0.15) is 5.82 Å². The van der Waals surface area contributed by atoms with Crippen molar-refractivity contribution in [3.63, 3.8) is 0 Å². The second-order valence-corrected chi connectivity index (χ2v) is 6.53. The minimum absolute atomic E-state index is 0.113. The Morgan fingerprint density at radius 1 is 1.33 bits per heavy atom. The van der Waals surface area contributed by atoms with Crippen molar-refractivity contribution in [2.75, 3.05) is 0 Å². The number of nitrogens with one attached hydrogen (secondary N) is 2. The predicted molar refractivity (Wildman–Crippen MR) is 94.5 cm³/mol. The molecule has 0 spiro atoms. The number of thiophene rings is 1. The molecule has 0 saturated heterocycles. The zero-order chi connectivity index (χ0) is 17.7. The number of halogens is 2. The van der Waals surface area contributed by atoms with E-state index in [1.165, 1.54) is 35.6 Å². The van der Waals surface area contributed by atoms with Crippen LogP contribution >= 0.6 is 22.9 Å². The molecule has 0 aliphatic carbocycles. The van der Waals surface area contributed by atoms with Gasteiger partial charge in [-0.3, -0.25) is 20.4 Å². The van der Waals surface area contributed by atoms with E-state index in [4.69, 9.17) is 11.6 Å². The van der Waals surface area contributed by atoms with E-state index in [0.29, 0.717) is 4.88 Å². The van der Waals surface area contributed by atoms with Gasteiger partial charge in [-0.1, -0.05) is 24.6 Å². The maximum Gasteiger partial charge on any atom is 0.279 e. The number of amides is 2. The van der Waals surface area contributed by atoms with Crippen LogP contribution in [0.2, 0.25) is 5.02 Å². The molecule has 0 radical (unpaired) electrons. The molecule has 2 N–H and O–H groups in total. The maximum absolute atomic E-state index is 13.6. The molecule has 126 valence electrons. The Morgan fingerprint density at radius 2 is 2.08 bits per heavy atom. The summed E-state index contributed by atoms with van der Waals surface area (Å²) in [4.78, 5) is 25.4. The Hall–Kier alpha value is -2.18. The third kappa shape index (κ3) is 4.43. The number of aryl methyl sites for hydroxylation is 2. The first-order chi connectivity index (χ1) is 11.4. The van der Waals surface area contributed by atoms with E-state index < -0.39 is 17.6 Å². The lowest BCUT2D eigenvalue weighted by molar-refractivity contribution is -0.117. The summed E-state index contributed by atoms with van der Waals surface area (Å²) >= 11 is 7.25. The van der Waals surface area contributed by atoms with Crippen LogP contribution in [-0.2, 0) is 11.2 Å². The van der Waals surface area contributed by atoms with E-state index in [9.17, 15) is 14.0 Å². The van der Waals surface area contributed by atoms with Crippen LogP contribution in [-0.4, -0.2) is 11.8 Å². The van der Waals surface area contributed by atoms with E-state index in [1.807, 2.05) is 13.8 Å². The van der Waals surface area contributed by atoms with Crippen LogP contribution in [0.1, 0.15) is 32.6 Å². The highest BCUT2D eigenvalue weighted by atomic mass is 35.5. The van der Waals surface area contributed by atoms with Crippen LogP contribution in [0.15, 0.2) is 30.3 Å². The summed E-state index contributed by atoms with van der Waals surface area (Å²) in [5.74, 6) is -1.52. The molecule has 24 heavy (non-hydrogen) atoms. The average Bonchev–Trinajstić information content (AvgIpc) is 2.93. The monoisotopic (exact) mass is 366 g/mol. The molecule has 0 saturated carbocycles. The number of hydrazine groups is 1. The number of carbonyl (C=O) groups is 2. The lowest BCUT2D eigenvalue weighted by Crippen LogP contribution is -2.40. The fourth-order valence-electron chi connectivity index (χ4n) is 2.03. The molecule has 0 atom stereocenters. The van der Waals surface area contributed by atoms with Crippen LogP contribution in [0.5, 0.6) is 0 Å². The molecule has 2 amide bonds. The summed E-state index contributed by atoms with van der Waals surface area (Å²) in [7, 11) is 0. The second-order valence-electron chi connectivity index (χ2n) is 4.98. The van der Waals surface area contributed by atoms with Crippen molar-refractivity contribution in [1.29, 1.82) is 0 Å². The summed E-state index contributed by atoms with van der Waals surface area (Å²) in [5.41, 5.74) is 5.74. The predicted octanol–water partition coefficient (Wildman–Crippen LogP) is 3.89. The van der Waals surface area contributed by atoms with Gasteiger partial charge in [0, 0.05) is 16.5 Å². The van der Waals surface area contributed by atoms with Gasteiger partial charge in [-0.2, -0.15) is 0 Å². The van der Waals surface area contributed by atoms with Crippen molar-refractivity contribution in [3.05, 3.63) is 62.1 Å². The smallest absolute Gasteiger partial charge is 0.268 e. The minimum atomic E-state index is -0.591. The normalized spacial score (nSPS) is 10.8. The summed E-state index contributed by atoms with van der Waals surface area (Å²) in [5, 5.41) is 0.198.